The molecule has 1 aromatic heterocycles. The normalized spacial score (nSPS) is 10.9. The van der Waals surface area contributed by atoms with Crippen LogP contribution >= 0.6 is 0 Å². The fourth-order valence-corrected chi connectivity index (χ4v) is 1.50. The second-order valence-electron chi connectivity index (χ2n) is 3.91. The van der Waals surface area contributed by atoms with E-state index in [4.69, 9.17) is 0 Å². The van der Waals surface area contributed by atoms with Gasteiger partial charge >= 0.3 is 0 Å². The Bertz CT molecular complexity index is 503. The molecule has 1 aromatic carbocycles. The van der Waals surface area contributed by atoms with E-state index in [0.29, 0.717) is 5.69 Å². The highest BCUT2D eigenvalue weighted by atomic mass is 16.1. The number of rotatable bonds is 2. The number of hydrogen-bond donors (Lipinski definition) is 0. The number of hydrogen-bond acceptors (Lipinski definition) is 2. The van der Waals surface area contributed by atoms with Crippen LogP contribution in [-0.2, 0) is 0 Å². The van der Waals surface area contributed by atoms with Gasteiger partial charge in [0.05, 0.1) is 5.52 Å². The Kier molecular flexibility index (Phi) is 2.50. The fraction of sp³-hybridized carbons (Fsp3) is 0.231. The van der Waals surface area contributed by atoms with E-state index in [1.54, 1.807) is 6.07 Å². The number of aromatic nitrogens is 1. The van der Waals surface area contributed by atoms with Gasteiger partial charge in [-0.15, -0.1) is 0 Å². The van der Waals surface area contributed by atoms with Gasteiger partial charge in [0.15, 0.2) is 5.78 Å². The molecule has 0 atom stereocenters. The van der Waals surface area contributed by atoms with Crippen LogP contribution in [0.5, 0.6) is 0 Å². The van der Waals surface area contributed by atoms with Crippen LogP contribution in [0.25, 0.3) is 10.9 Å². The van der Waals surface area contributed by atoms with E-state index in [9.17, 15) is 4.79 Å². The number of para-hydroxylation sites is 1. The smallest absolute Gasteiger partial charge is 0.183 e. The molecular weight excluding hydrogens is 186 g/mol. The van der Waals surface area contributed by atoms with Crippen LogP contribution in [0, 0.1) is 5.92 Å². The molecule has 0 fully saturated rings. The molecular formula is C13H13NO. The summed E-state index contributed by atoms with van der Waals surface area (Å²) < 4.78 is 0. The molecule has 2 heteroatoms. The van der Waals surface area contributed by atoms with Crippen LogP contribution < -0.4 is 0 Å². The van der Waals surface area contributed by atoms with Crippen LogP contribution in [0.4, 0.5) is 0 Å². The lowest BCUT2D eigenvalue weighted by Gasteiger charge is -2.04. The number of fused-ring (bicyclic) bond motifs is 1. The van der Waals surface area contributed by atoms with Crippen molar-refractivity contribution in [3.05, 3.63) is 42.1 Å². The predicted molar refractivity (Wildman–Crippen MR) is 60.9 cm³/mol. The highest BCUT2D eigenvalue weighted by Crippen LogP contribution is 2.13. The summed E-state index contributed by atoms with van der Waals surface area (Å²) in [4.78, 5) is 16.1. The summed E-state index contributed by atoms with van der Waals surface area (Å²) in [5.74, 6) is 0.0967. The Hall–Kier alpha value is -1.70. The van der Waals surface area contributed by atoms with Crippen molar-refractivity contribution in [1.82, 2.24) is 4.98 Å². The van der Waals surface area contributed by atoms with Crippen molar-refractivity contribution >= 4 is 16.7 Å². The minimum atomic E-state index is -0.00124. The number of ketones is 1. The molecule has 0 bridgehead atoms. The molecule has 0 aliphatic carbocycles. The molecule has 0 amide bonds. The Labute approximate surface area is 89.0 Å². The number of benzene rings is 1. The number of Topliss-reactive ketones (excluding diaryl/α,β-unsaturated/α-hetero) is 1. The van der Waals surface area contributed by atoms with Crippen LogP contribution in [0.3, 0.4) is 0 Å². The monoisotopic (exact) mass is 199 g/mol. The topological polar surface area (TPSA) is 30.0 Å². The second-order valence-corrected chi connectivity index (χ2v) is 3.91. The highest BCUT2D eigenvalue weighted by Gasteiger charge is 2.11. The van der Waals surface area contributed by atoms with Gasteiger partial charge in [-0.2, -0.15) is 0 Å². The third-order valence-corrected chi connectivity index (χ3v) is 2.38. The van der Waals surface area contributed by atoms with Gasteiger partial charge in [0.25, 0.3) is 0 Å². The summed E-state index contributed by atoms with van der Waals surface area (Å²) in [5.41, 5.74) is 1.44. The zero-order valence-electron chi connectivity index (χ0n) is 8.90. The summed E-state index contributed by atoms with van der Waals surface area (Å²) in [6.07, 6.45) is 0. The molecule has 0 spiro atoms. The molecule has 0 radical (unpaired) electrons. The minimum Gasteiger partial charge on any atom is -0.292 e. The molecule has 1 heterocycles. The van der Waals surface area contributed by atoms with Crippen LogP contribution in [0.15, 0.2) is 36.4 Å². The molecule has 15 heavy (non-hydrogen) atoms. The van der Waals surface area contributed by atoms with E-state index < -0.39 is 0 Å². The Morgan fingerprint density at radius 1 is 1.13 bits per heavy atom. The summed E-state index contributed by atoms with van der Waals surface area (Å²) in [7, 11) is 0. The zero-order valence-corrected chi connectivity index (χ0v) is 8.90. The molecule has 2 aromatic rings. The van der Waals surface area contributed by atoms with Crippen molar-refractivity contribution < 1.29 is 4.79 Å². The van der Waals surface area contributed by atoms with Crippen molar-refractivity contribution in [2.45, 2.75) is 13.8 Å². The summed E-state index contributed by atoms with van der Waals surface area (Å²) >= 11 is 0. The zero-order chi connectivity index (χ0) is 10.8. The van der Waals surface area contributed by atoms with Crippen LogP contribution in [-0.4, -0.2) is 10.8 Å². The van der Waals surface area contributed by atoms with E-state index in [-0.39, 0.29) is 11.7 Å². The van der Waals surface area contributed by atoms with Gasteiger partial charge in [-0.3, -0.25) is 4.79 Å². The maximum Gasteiger partial charge on any atom is 0.183 e. The summed E-state index contributed by atoms with van der Waals surface area (Å²) in [5, 5.41) is 1.07. The third kappa shape index (κ3) is 1.89. The predicted octanol–water partition coefficient (Wildman–Crippen LogP) is 3.07. The fourth-order valence-electron chi connectivity index (χ4n) is 1.50. The average Bonchev–Trinajstić information content (AvgIpc) is 2.27. The molecule has 76 valence electrons. The molecule has 0 aliphatic rings. The van der Waals surface area contributed by atoms with Crippen molar-refractivity contribution in [3.63, 3.8) is 0 Å². The molecule has 0 unspecified atom stereocenters. The van der Waals surface area contributed by atoms with E-state index in [1.807, 2.05) is 44.2 Å². The first-order valence-corrected chi connectivity index (χ1v) is 5.08. The van der Waals surface area contributed by atoms with Crippen molar-refractivity contribution in [1.29, 1.82) is 0 Å². The van der Waals surface area contributed by atoms with Gasteiger partial charge in [0.2, 0.25) is 0 Å². The molecule has 0 aliphatic heterocycles. The first-order chi connectivity index (χ1) is 7.18. The van der Waals surface area contributed by atoms with Gasteiger partial charge in [-0.05, 0) is 12.1 Å². The van der Waals surface area contributed by atoms with Crippen molar-refractivity contribution in [2.24, 2.45) is 5.92 Å². The maximum atomic E-state index is 11.7. The Morgan fingerprint density at radius 3 is 2.60 bits per heavy atom. The number of pyridine rings is 1. The number of nitrogens with zero attached hydrogens (tertiary/aromatic N) is 1. The van der Waals surface area contributed by atoms with Gasteiger partial charge in [-0.1, -0.05) is 38.1 Å². The van der Waals surface area contributed by atoms with E-state index in [2.05, 4.69) is 4.98 Å². The lowest BCUT2D eigenvalue weighted by molar-refractivity contribution is 0.0935. The number of carbonyl (C=O) groups is 1. The van der Waals surface area contributed by atoms with E-state index in [1.165, 1.54) is 0 Å². The number of carbonyl (C=O) groups excluding carboxylic acids is 1. The van der Waals surface area contributed by atoms with Crippen molar-refractivity contribution in [3.8, 4) is 0 Å². The van der Waals surface area contributed by atoms with Crippen LogP contribution in [0.2, 0.25) is 0 Å². The lowest BCUT2D eigenvalue weighted by Crippen LogP contribution is -2.09. The van der Waals surface area contributed by atoms with Gasteiger partial charge in [0, 0.05) is 11.3 Å². The van der Waals surface area contributed by atoms with Gasteiger partial charge in [0.1, 0.15) is 5.69 Å². The van der Waals surface area contributed by atoms with Gasteiger partial charge < -0.3 is 0 Å². The molecule has 0 saturated carbocycles. The lowest BCUT2D eigenvalue weighted by atomic mass is 10.1. The van der Waals surface area contributed by atoms with Crippen molar-refractivity contribution in [2.75, 3.05) is 0 Å². The summed E-state index contributed by atoms with van der Waals surface area (Å²) in [6.45, 7) is 3.78. The molecule has 0 N–H and O–H groups in total. The third-order valence-electron chi connectivity index (χ3n) is 2.38. The largest absolute Gasteiger partial charge is 0.292 e. The molecule has 2 nitrogen and oxygen atoms in total. The maximum absolute atomic E-state index is 11.7. The van der Waals surface area contributed by atoms with E-state index >= 15 is 0 Å². The summed E-state index contributed by atoms with van der Waals surface area (Å²) in [6, 6.07) is 11.5. The molecule has 0 saturated heterocycles. The highest BCUT2D eigenvalue weighted by molar-refractivity contribution is 5.97. The standard InChI is InChI=1S/C13H13NO/c1-9(2)13(15)12-8-7-10-5-3-4-6-11(10)14-12/h3-9H,1-2H3. The first-order valence-electron chi connectivity index (χ1n) is 5.08. The van der Waals surface area contributed by atoms with Crippen LogP contribution in [0.1, 0.15) is 24.3 Å². The molecule has 2 rings (SSSR count). The SMILES string of the molecule is CC(C)C(=O)c1ccc2ccccc2n1. The average molecular weight is 199 g/mol. The second kappa shape index (κ2) is 3.81. The Morgan fingerprint density at radius 2 is 1.87 bits per heavy atom. The first kappa shape index (κ1) is 9.84. The Balaban J connectivity index is 2.52. The van der Waals surface area contributed by atoms with E-state index in [0.717, 1.165) is 10.9 Å². The van der Waals surface area contributed by atoms with Gasteiger partial charge in [-0.25, -0.2) is 4.98 Å². The minimum absolute atomic E-state index is 0.00124. The quantitative estimate of drug-likeness (QED) is 0.696.